The molecule has 0 unspecified atom stereocenters. The Morgan fingerprint density at radius 2 is 1.74 bits per heavy atom. The number of hydrogen-bond acceptors (Lipinski definition) is 6. The lowest BCUT2D eigenvalue weighted by Gasteiger charge is -2.11. The molecule has 0 N–H and O–H groups in total. The Bertz CT molecular complexity index is 1100. The molecule has 3 aromatic rings. The van der Waals surface area contributed by atoms with Crippen LogP contribution in [0.5, 0.6) is 17.2 Å². The van der Waals surface area contributed by atoms with Gasteiger partial charge in [0.05, 0.1) is 0 Å². The highest BCUT2D eigenvalue weighted by Crippen LogP contribution is 2.33. The van der Waals surface area contributed by atoms with Gasteiger partial charge in [-0.2, -0.15) is 0 Å². The number of carbonyl (C=O) groups is 2. The highest BCUT2D eigenvalue weighted by molar-refractivity contribution is 5.99. The van der Waals surface area contributed by atoms with Gasteiger partial charge in [-0.25, -0.2) is 4.79 Å². The number of nitrogens with zero attached hydrogens (tertiary/aromatic N) is 1. The zero-order chi connectivity index (χ0) is 21.8. The van der Waals surface area contributed by atoms with E-state index < -0.39 is 5.97 Å². The van der Waals surface area contributed by atoms with E-state index in [0.29, 0.717) is 17.9 Å². The quantitative estimate of drug-likeness (QED) is 0.408. The molecule has 0 atom stereocenters. The van der Waals surface area contributed by atoms with E-state index in [4.69, 9.17) is 18.9 Å². The van der Waals surface area contributed by atoms with Gasteiger partial charge in [-0.1, -0.05) is 24.3 Å². The number of hydrogen-bond donors (Lipinski definition) is 0. The average Bonchev–Trinajstić information content (AvgIpc) is 3.36. The van der Waals surface area contributed by atoms with E-state index in [9.17, 15) is 9.59 Å². The van der Waals surface area contributed by atoms with Gasteiger partial charge in [0.15, 0.2) is 24.7 Å². The molecule has 160 valence electrons. The van der Waals surface area contributed by atoms with Crippen molar-refractivity contribution in [2.24, 2.45) is 0 Å². The highest BCUT2D eigenvalue weighted by atomic mass is 16.7. The van der Waals surface area contributed by atoms with E-state index in [1.165, 1.54) is 0 Å². The van der Waals surface area contributed by atoms with Gasteiger partial charge in [-0.05, 0) is 49.7 Å². The van der Waals surface area contributed by atoms with Gasteiger partial charge in [-0.15, -0.1) is 0 Å². The molecule has 0 saturated heterocycles. The van der Waals surface area contributed by atoms with Crippen molar-refractivity contribution >= 4 is 11.8 Å². The Morgan fingerprint density at radius 3 is 2.55 bits per heavy atom. The van der Waals surface area contributed by atoms with Gasteiger partial charge in [0.2, 0.25) is 12.6 Å². The van der Waals surface area contributed by atoms with Gasteiger partial charge in [0.1, 0.15) is 5.75 Å². The van der Waals surface area contributed by atoms with Crippen LogP contribution >= 0.6 is 0 Å². The third-order valence-corrected chi connectivity index (χ3v) is 5.12. The fourth-order valence-corrected chi connectivity index (χ4v) is 3.47. The fourth-order valence-electron chi connectivity index (χ4n) is 3.47. The van der Waals surface area contributed by atoms with E-state index in [1.807, 2.05) is 60.9 Å². The van der Waals surface area contributed by atoms with Gasteiger partial charge in [0, 0.05) is 23.5 Å². The van der Waals surface area contributed by atoms with Crippen LogP contribution < -0.4 is 14.2 Å². The Kier molecular flexibility index (Phi) is 5.93. The third kappa shape index (κ3) is 4.71. The summed E-state index contributed by atoms with van der Waals surface area (Å²) in [6.45, 7) is 4.07. The Hall–Kier alpha value is -3.74. The molecule has 0 spiro atoms. The number of aryl methyl sites for hydroxylation is 1. The Morgan fingerprint density at radius 1 is 0.968 bits per heavy atom. The van der Waals surface area contributed by atoms with E-state index >= 15 is 0 Å². The lowest BCUT2D eigenvalue weighted by molar-refractivity contribution is -0.144. The Labute approximate surface area is 180 Å². The lowest BCUT2D eigenvalue weighted by Crippen LogP contribution is -2.20. The minimum Gasteiger partial charge on any atom is -0.482 e. The van der Waals surface area contributed by atoms with Crippen molar-refractivity contribution < 1.29 is 28.5 Å². The second-order valence-electron chi connectivity index (χ2n) is 7.24. The lowest BCUT2D eigenvalue weighted by atomic mass is 10.1. The van der Waals surface area contributed by atoms with Crippen LogP contribution in [-0.2, 0) is 16.1 Å². The SMILES string of the molecule is Cc1cc(C(=O)COC(=O)COc2ccccc2)c(C)n1Cc1ccc2c(c1)OCO2. The van der Waals surface area contributed by atoms with E-state index in [1.54, 1.807) is 12.1 Å². The number of Topliss-reactive ketones (excluding diaryl/α,β-unsaturated/α-hetero) is 1. The molecule has 4 rings (SSSR count). The van der Waals surface area contributed by atoms with Crippen LogP contribution in [0.1, 0.15) is 27.3 Å². The minimum atomic E-state index is -0.591. The predicted octanol–water partition coefficient (Wildman–Crippen LogP) is 3.69. The van der Waals surface area contributed by atoms with Crippen LogP contribution in [0, 0.1) is 13.8 Å². The van der Waals surface area contributed by atoms with Gasteiger partial charge in [-0.3, -0.25) is 4.79 Å². The van der Waals surface area contributed by atoms with E-state index in [0.717, 1.165) is 28.5 Å². The van der Waals surface area contributed by atoms with Crippen molar-refractivity contribution in [3.8, 4) is 17.2 Å². The summed E-state index contributed by atoms with van der Waals surface area (Å²) in [5, 5.41) is 0. The molecule has 0 fully saturated rings. The number of benzene rings is 2. The maximum Gasteiger partial charge on any atom is 0.344 e. The van der Waals surface area contributed by atoms with Crippen molar-refractivity contribution in [2.45, 2.75) is 20.4 Å². The summed E-state index contributed by atoms with van der Waals surface area (Å²) < 4.78 is 23.3. The number of fused-ring (bicyclic) bond motifs is 1. The number of carbonyl (C=O) groups excluding carboxylic acids is 2. The highest BCUT2D eigenvalue weighted by Gasteiger charge is 2.19. The first kappa shape index (κ1) is 20.5. The summed E-state index contributed by atoms with van der Waals surface area (Å²) in [6.07, 6.45) is 0. The molecular formula is C24H23NO6. The normalized spacial score (nSPS) is 11.9. The third-order valence-electron chi connectivity index (χ3n) is 5.12. The molecule has 2 heterocycles. The van der Waals surface area contributed by atoms with Gasteiger partial charge < -0.3 is 23.5 Å². The molecule has 0 bridgehead atoms. The van der Waals surface area contributed by atoms with Crippen molar-refractivity contribution in [3.05, 3.63) is 77.1 Å². The molecule has 2 aromatic carbocycles. The first-order chi connectivity index (χ1) is 15.0. The van der Waals surface area contributed by atoms with Crippen LogP contribution in [-0.4, -0.2) is 36.3 Å². The number of aromatic nitrogens is 1. The summed E-state index contributed by atoms with van der Waals surface area (Å²) in [6, 6.07) is 16.6. The maximum atomic E-state index is 12.6. The summed E-state index contributed by atoms with van der Waals surface area (Å²) >= 11 is 0. The minimum absolute atomic E-state index is 0.230. The zero-order valence-corrected chi connectivity index (χ0v) is 17.4. The molecule has 0 aliphatic carbocycles. The number of rotatable bonds is 8. The monoisotopic (exact) mass is 421 g/mol. The van der Waals surface area contributed by atoms with Crippen LogP contribution in [0.3, 0.4) is 0 Å². The number of para-hydroxylation sites is 1. The Balaban J connectivity index is 1.36. The predicted molar refractivity (Wildman–Crippen MR) is 113 cm³/mol. The van der Waals surface area contributed by atoms with Crippen molar-refractivity contribution in [1.82, 2.24) is 4.57 Å². The van der Waals surface area contributed by atoms with Crippen LogP contribution in [0.2, 0.25) is 0 Å². The zero-order valence-electron chi connectivity index (χ0n) is 17.4. The van der Waals surface area contributed by atoms with Crippen molar-refractivity contribution in [1.29, 1.82) is 0 Å². The molecular weight excluding hydrogens is 398 g/mol. The van der Waals surface area contributed by atoms with Crippen LogP contribution in [0.4, 0.5) is 0 Å². The summed E-state index contributed by atoms with van der Waals surface area (Å²) in [4.78, 5) is 24.6. The van der Waals surface area contributed by atoms with E-state index in [-0.39, 0.29) is 25.8 Å². The first-order valence-electron chi connectivity index (χ1n) is 9.93. The number of ether oxygens (including phenoxy) is 4. The molecule has 0 radical (unpaired) electrons. The maximum absolute atomic E-state index is 12.6. The largest absolute Gasteiger partial charge is 0.482 e. The molecule has 7 heteroatoms. The van der Waals surface area contributed by atoms with Crippen LogP contribution in [0.15, 0.2) is 54.6 Å². The average molecular weight is 421 g/mol. The molecule has 1 aromatic heterocycles. The second kappa shape index (κ2) is 8.95. The standard InChI is InChI=1S/C24H23NO6/c1-16-10-20(21(26)13-29-24(27)14-28-19-6-4-3-5-7-19)17(2)25(16)12-18-8-9-22-23(11-18)31-15-30-22/h3-11H,12-15H2,1-2H3. The molecule has 0 saturated carbocycles. The molecule has 1 aliphatic rings. The smallest absolute Gasteiger partial charge is 0.344 e. The molecule has 31 heavy (non-hydrogen) atoms. The summed E-state index contributed by atoms with van der Waals surface area (Å²) in [7, 11) is 0. The molecule has 1 aliphatic heterocycles. The second-order valence-corrected chi connectivity index (χ2v) is 7.24. The first-order valence-corrected chi connectivity index (χ1v) is 9.93. The molecule has 0 amide bonds. The number of ketones is 1. The fraction of sp³-hybridized carbons (Fsp3) is 0.250. The topological polar surface area (TPSA) is 76.0 Å². The van der Waals surface area contributed by atoms with Gasteiger partial charge >= 0.3 is 5.97 Å². The molecule has 7 nitrogen and oxygen atoms in total. The van der Waals surface area contributed by atoms with Crippen molar-refractivity contribution in [3.63, 3.8) is 0 Å². The van der Waals surface area contributed by atoms with Crippen LogP contribution in [0.25, 0.3) is 0 Å². The number of esters is 1. The van der Waals surface area contributed by atoms with E-state index in [2.05, 4.69) is 0 Å². The summed E-state index contributed by atoms with van der Waals surface area (Å²) in [5.74, 6) is 1.18. The van der Waals surface area contributed by atoms with Gasteiger partial charge in [0.25, 0.3) is 0 Å². The van der Waals surface area contributed by atoms with Crippen molar-refractivity contribution in [2.75, 3.05) is 20.0 Å². The summed E-state index contributed by atoms with van der Waals surface area (Å²) in [5.41, 5.74) is 3.33.